The number of nitriles is 1. The summed E-state index contributed by atoms with van der Waals surface area (Å²) in [7, 11) is -4.08. The molecule has 0 heterocycles. The fourth-order valence-electron chi connectivity index (χ4n) is 0.993. The van der Waals surface area contributed by atoms with Crippen LogP contribution in [0.25, 0.3) is 0 Å². The fourth-order valence-corrected chi connectivity index (χ4v) is 1.93. The van der Waals surface area contributed by atoms with Crippen molar-refractivity contribution in [2.45, 2.75) is 4.90 Å². The van der Waals surface area contributed by atoms with E-state index >= 15 is 0 Å². The van der Waals surface area contributed by atoms with Crippen LogP contribution < -0.4 is 4.72 Å². The smallest absolute Gasteiger partial charge is 0.337 e. The Bertz CT molecular complexity index is 530. The second kappa shape index (κ2) is 3.98. The number of hydrogen-bond donors (Lipinski definition) is 2. The van der Waals surface area contributed by atoms with Crippen LogP contribution in [0.1, 0.15) is 10.4 Å². The van der Waals surface area contributed by atoms with E-state index in [0.717, 1.165) is 12.1 Å². The molecule has 0 spiro atoms. The maximum absolute atomic E-state index is 11.4. The van der Waals surface area contributed by atoms with E-state index in [1.165, 1.54) is 18.3 Å². The lowest BCUT2D eigenvalue weighted by molar-refractivity contribution is 0.0692. The molecule has 2 N–H and O–H groups in total. The molecule has 0 saturated carbocycles. The van der Waals surface area contributed by atoms with Gasteiger partial charge < -0.3 is 5.11 Å². The Morgan fingerprint density at radius 2 is 2.00 bits per heavy atom. The normalized spacial score (nSPS) is 10.3. The number of carbonyl (C=O) groups is 1. The van der Waals surface area contributed by atoms with E-state index in [1.807, 2.05) is 0 Å². The van der Waals surface area contributed by atoms with Gasteiger partial charge in [-0.25, -0.2) is 17.9 Å². The van der Waals surface area contributed by atoms with Crippen molar-refractivity contribution < 1.29 is 18.3 Å². The van der Waals surface area contributed by atoms with Crippen molar-refractivity contribution >= 4 is 16.0 Å². The highest BCUT2D eigenvalue weighted by molar-refractivity contribution is 7.89. The molecule has 1 aromatic rings. The first-order chi connectivity index (χ1) is 6.99. The summed E-state index contributed by atoms with van der Waals surface area (Å²) in [4.78, 5) is 10.3. The standard InChI is InChI=1S/C8H6N2O4S/c9-5-10-15(13,14)7-4-2-1-3-6(7)8(11)12/h1-4,10H,(H,11,12). The summed E-state index contributed by atoms with van der Waals surface area (Å²) in [6.45, 7) is 0. The molecule has 15 heavy (non-hydrogen) atoms. The van der Waals surface area contributed by atoms with Gasteiger partial charge in [-0.3, -0.25) is 0 Å². The number of nitrogens with zero attached hydrogens (tertiary/aromatic N) is 1. The minimum Gasteiger partial charge on any atom is -0.478 e. The number of sulfonamides is 1. The molecular weight excluding hydrogens is 220 g/mol. The molecule has 0 amide bonds. The number of carboxylic acids is 1. The Kier molecular flexibility index (Phi) is 2.92. The van der Waals surface area contributed by atoms with Gasteiger partial charge in [-0.15, -0.1) is 0 Å². The third-order valence-corrected chi connectivity index (χ3v) is 2.88. The Morgan fingerprint density at radius 1 is 1.40 bits per heavy atom. The Balaban J connectivity index is 3.39. The van der Waals surface area contributed by atoms with Crippen molar-refractivity contribution in [1.82, 2.24) is 4.72 Å². The molecule has 0 atom stereocenters. The molecule has 0 saturated heterocycles. The van der Waals surface area contributed by atoms with Gasteiger partial charge in [0, 0.05) is 0 Å². The molecule has 0 unspecified atom stereocenters. The highest BCUT2D eigenvalue weighted by Gasteiger charge is 2.20. The predicted molar refractivity (Wildman–Crippen MR) is 49.3 cm³/mol. The van der Waals surface area contributed by atoms with E-state index in [-0.39, 0.29) is 5.56 Å². The molecule has 7 heteroatoms. The zero-order valence-corrected chi connectivity index (χ0v) is 8.15. The molecule has 0 radical (unpaired) electrons. The first-order valence-corrected chi connectivity index (χ1v) is 5.20. The highest BCUT2D eigenvalue weighted by atomic mass is 32.2. The fraction of sp³-hybridized carbons (Fsp3) is 0. The van der Waals surface area contributed by atoms with Crippen LogP contribution in [0.5, 0.6) is 0 Å². The van der Waals surface area contributed by atoms with Crippen LogP contribution in [-0.4, -0.2) is 19.5 Å². The molecule has 0 aliphatic heterocycles. The quantitative estimate of drug-likeness (QED) is 0.563. The third-order valence-electron chi connectivity index (χ3n) is 1.59. The Hall–Kier alpha value is -2.07. The average Bonchev–Trinajstić information content (AvgIpc) is 2.17. The Labute approximate surface area is 85.8 Å². The van der Waals surface area contributed by atoms with Gasteiger partial charge in [-0.2, -0.15) is 5.26 Å². The van der Waals surface area contributed by atoms with Gasteiger partial charge in [0.25, 0.3) is 10.0 Å². The van der Waals surface area contributed by atoms with Crippen LogP contribution in [0.2, 0.25) is 0 Å². The number of rotatable bonds is 3. The maximum Gasteiger partial charge on any atom is 0.337 e. The number of hydrogen-bond acceptors (Lipinski definition) is 4. The van der Waals surface area contributed by atoms with Crippen molar-refractivity contribution in [3.05, 3.63) is 29.8 Å². The van der Waals surface area contributed by atoms with Crippen molar-refractivity contribution in [2.75, 3.05) is 0 Å². The zero-order valence-electron chi connectivity index (χ0n) is 7.34. The summed E-state index contributed by atoms with van der Waals surface area (Å²) in [5.74, 6) is -1.37. The first kappa shape index (κ1) is 11.0. The van der Waals surface area contributed by atoms with E-state index in [2.05, 4.69) is 0 Å². The lowest BCUT2D eigenvalue weighted by Crippen LogP contribution is -2.20. The molecule has 0 aliphatic carbocycles. The minimum atomic E-state index is -4.08. The van der Waals surface area contributed by atoms with Crippen molar-refractivity contribution in [1.29, 1.82) is 5.26 Å². The molecular formula is C8H6N2O4S. The summed E-state index contributed by atoms with van der Waals surface area (Å²) in [6, 6.07) is 5.03. The molecule has 1 rings (SSSR count). The average molecular weight is 226 g/mol. The van der Waals surface area contributed by atoms with Gasteiger partial charge >= 0.3 is 5.97 Å². The summed E-state index contributed by atoms with van der Waals surface area (Å²) < 4.78 is 24.3. The van der Waals surface area contributed by atoms with Gasteiger partial charge in [0.1, 0.15) is 4.90 Å². The largest absolute Gasteiger partial charge is 0.478 e. The van der Waals surface area contributed by atoms with Crippen LogP contribution >= 0.6 is 0 Å². The van der Waals surface area contributed by atoms with E-state index in [0.29, 0.717) is 0 Å². The van der Waals surface area contributed by atoms with E-state index in [9.17, 15) is 13.2 Å². The number of benzene rings is 1. The third kappa shape index (κ3) is 2.24. The second-order valence-corrected chi connectivity index (χ2v) is 4.17. The summed E-state index contributed by atoms with van der Waals surface area (Å²) in [6.07, 6.45) is 1.24. The van der Waals surface area contributed by atoms with Gasteiger partial charge in [0.05, 0.1) is 5.56 Å². The van der Waals surface area contributed by atoms with Gasteiger partial charge in [0.15, 0.2) is 6.19 Å². The zero-order chi connectivity index (χ0) is 11.5. The number of nitrogens with one attached hydrogen (secondary N) is 1. The highest BCUT2D eigenvalue weighted by Crippen LogP contribution is 2.14. The molecule has 0 bridgehead atoms. The SMILES string of the molecule is N#CNS(=O)(=O)c1ccccc1C(=O)O. The molecule has 78 valence electrons. The molecule has 0 aromatic heterocycles. The van der Waals surface area contributed by atoms with Crippen LogP contribution in [0, 0.1) is 11.5 Å². The van der Waals surface area contributed by atoms with Crippen LogP contribution in [0.4, 0.5) is 0 Å². The van der Waals surface area contributed by atoms with Crippen LogP contribution in [0.15, 0.2) is 29.2 Å². The predicted octanol–water partition coefficient (Wildman–Crippen LogP) is 0.144. The van der Waals surface area contributed by atoms with Crippen LogP contribution in [0.3, 0.4) is 0 Å². The lowest BCUT2D eigenvalue weighted by atomic mass is 10.2. The van der Waals surface area contributed by atoms with Crippen molar-refractivity contribution in [2.24, 2.45) is 0 Å². The molecule has 0 fully saturated rings. The number of carboxylic acid groups (broad SMARTS) is 1. The summed E-state index contributed by atoms with van der Waals surface area (Å²) in [5, 5.41) is 16.9. The van der Waals surface area contributed by atoms with Crippen molar-refractivity contribution in [3.63, 3.8) is 0 Å². The van der Waals surface area contributed by atoms with E-state index < -0.39 is 20.9 Å². The lowest BCUT2D eigenvalue weighted by Gasteiger charge is -2.04. The van der Waals surface area contributed by atoms with E-state index in [4.69, 9.17) is 10.4 Å². The summed E-state index contributed by atoms with van der Waals surface area (Å²) in [5.41, 5.74) is -0.375. The maximum atomic E-state index is 11.4. The van der Waals surface area contributed by atoms with Gasteiger partial charge in [-0.05, 0) is 12.1 Å². The van der Waals surface area contributed by atoms with Gasteiger partial charge in [0.2, 0.25) is 0 Å². The van der Waals surface area contributed by atoms with Gasteiger partial charge in [-0.1, -0.05) is 12.1 Å². The molecule has 0 aliphatic rings. The summed E-state index contributed by atoms with van der Waals surface area (Å²) >= 11 is 0. The number of aromatic carboxylic acids is 1. The van der Waals surface area contributed by atoms with Crippen molar-refractivity contribution in [3.8, 4) is 6.19 Å². The first-order valence-electron chi connectivity index (χ1n) is 3.72. The van der Waals surface area contributed by atoms with Crippen LogP contribution in [-0.2, 0) is 10.0 Å². The molecule has 1 aromatic carbocycles. The monoisotopic (exact) mass is 226 g/mol. The second-order valence-electron chi connectivity index (χ2n) is 2.52. The van der Waals surface area contributed by atoms with E-state index in [1.54, 1.807) is 4.72 Å². The topological polar surface area (TPSA) is 107 Å². The minimum absolute atomic E-state index is 0.375. The Morgan fingerprint density at radius 3 is 2.53 bits per heavy atom. The molecule has 6 nitrogen and oxygen atoms in total.